The van der Waals surface area contributed by atoms with Gasteiger partial charge in [0.25, 0.3) is 5.91 Å². The Kier molecular flexibility index (Phi) is 6.33. The number of carbonyl (C=O) groups excluding carboxylic acids is 1. The van der Waals surface area contributed by atoms with E-state index in [-0.39, 0.29) is 11.9 Å². The number of hydrogen-bond donors (Lipinski definition) is 0. The van der Waals surface area contributed by atoms with Crippen molar-refractivity contribution in [3.05, 3.63) is 70.4 Å². The molecule has 1 aliphatic carbocycles. The standard InChI is InChI=1S/C25H28ClN3O2/c1-28(25(30)18-14-10-16-21(31-3)22(18)26)20-15-9-5-8-13-19-23(20)27-29(2)24(19)17-11-6-4-7-12-17/h4,6-7,10-12,14,16,20H,5,8-9,13,15H2,1-3H3. The van der Waals surface area contributed by atoms with E-state index in [0.717, 1.165) is 49.1 Å². The topological polar surface area (TPSA) is 47.4 Å². The van der Waals surface area contributed by atoms with Crippen LogP contribution in [0.15, 0.2) is 48.5 Å². The lowest BCUT2D eigenvalue weighted by atomic mass is 9.91. The van der Waals surface area contributed by atoms with Crippen molar-refractivity contribution in [3.63, 3.8) is 0 Å². The minimum Gasteiger partial charge on any atom is -0.495 e. The summed E-state index contributed by atoms with van der Waals surface area (Å²) in [6, 6.07) is 15.6. The molecule has 5 nitrogen and oxygen atoms in total. The predicted molar refractivity (Wildman–Crippen MR) is 124 cm³/mol. The lowest BCUT2D eigenvalue weighted by Crippen LogP contribution is -2.32. The monoisotopic (exact) mass is 437 g/mol. The number of aryl methyl sites for hydroxylation is 1. The van der Waals surface area contributed by atoms with E-state index in [1.165, 1.54) is 5.56 Å². The third-order valence-corrected chi connectivity index (χ3v) is 6.53. The minimum absolute atomic E-state index is 0.103. The third-order valence-electron chi connectivity index (χ3n) is 6.15. The van der Waals surface area contributed by atoms with Gasteiger partial charge in [-0.15, -0.1) is 0 Å². The fraction of sp³-hybridized carbons (Fsp3) is 0.360. The first kappa shape index (κ1) is 21.4. The van der Waals surface area contributed by atoms with Crippen LogP contribution in [0.25, 0.3) is 11.3 Å². The van der Waals surface area contributed by atoms with E-state index >= 15 is 0 Å². The zero-order valence-corrected chi connectivity index (χ0v) is 19.0. The number of halogens is 1. The lowest BCUT2D eigenvalue weighted by molar-refractivity contribution is 0.0713. The third kappa shape index (κ3) is 4.07. The zero-order valence-electron chi connectivity index (χ0n) is 18.3. The van der Waals surface area contributed by atoms with E-state index < -0.39 is 0 Å². The SMILES string of the molecule is COc1cccc(C(=O)N(C)C2CCCCCc3c2nn(C)c3-c2ccccc2)c1Cl. The van der Waals surface area contributed by atoms with Crippen molar-refractivity contribution in [1.82, 2.24) is 14.7 Å². The number of hydrogen-bond acceptors (Lipinski definition) is 3. The fourth-order valence-electron chi connectivity index (χ4n) is 4.56. The Morgan fingerprint density at radius 3 is 2.65 bits per heavy atom. The first-order valence-electron chi connectivity index (χ1n) is 10.7. The van der Waals surface area contributed by atoms with Gasteiger partial charge in [0.1, 0.15) is 5.75 Å². The van der Waals surface area contributed by atoms with Crippen LogP contribution < -0.4 is 4.74 Å². The maximum atomic E-state index is 13.5. The van der Waals surface area contributed by atoms with Crippen molar-refractivity contribution < 1.29 is 9.53 Å². The predicted octanol–water partition coefficient (Wildman–Crippen LogP) is 5.68. The van der Waals surface area contributed by atoms with Gasteiger partial charge in [-0.25, -0.2) is 0 Å². The summed E-state index contributed by atoms with van der Waals surface area (Å²) in [5.74, 6) is 0.385. The maximum Gasteiger partial charge on any atom is 0.255 e. The fourth-order valence-corrected chi connectivity index (χ4v) is 4.84. The van der Waals surface area contributed by atoms with Crippen LogP contribution in [-0.2, 0) is 13.5 Å². The summed E-state index contributed by atoms with van der Waals surface area (Å²) in [6.07, 6.45) is 5.17. The molecular formula is C25H28ClN3O2. The van der Waals surface area contributed by atoms with Crippen molar-refractivity contribution >= 4 is 17.5 Å². The molecule has 0 aliphatic heterocycles. The van der Waals surface area contributed by atoms with Gasteiger partial charge in [0.15, 0.2) is 0 Å². The van der Waals surface area contributed by atoms with Gasteiger partial charge in [-0.3, -0.25) is 9.48 Å². The van der Waals surface area contributed by atoms with Crippen LogP contribution in [-0.4, -0.2) is 34.7 Å². The first-order chi connectivity index (χ1) is 15.0. The highest BCUT2D eigenvalue weighted by atomic mass is 35.5. The molecule has 0 spiro atoms. The van der Waals surface area contributed by atoms with Crippen molar-refractivity contribution in [3.8, 4) is 17.0 Å². The molecule has 6 heteroatoms. The van der Waals surface area contributed by atoms with Gasteiger partial charge in [-0.2, -0.15) is 5.10 Å². The van der Waals surface area contributed by atoms with E-state index in [0.29, 0.717) is 16.3 Å². The molecule has 1 aromatic heterocycles. The average molecular weight is 438 g/mol. The highest BCUT2D eigenvalue weighted by molar-refractivity contribution is 6.35. The summed E-state index contributed by atoms with van der Waals surface area (Å²) >= 11 is 6.46. The summed E-state index contributed by atoms with van der Waals surface area (Å²) in [7, 11) is 5.40. The van der Waals surface area contributed by atoms with Crippen molar-refractivity contribution in [2.45, 2.75) is 38.1 Å². The van der Waals surface area contributed by atoms with Gasteiger partial charge in [0.05, 0.1) is 35.1 Å². The summed E-state index contributed by atoms with van der Waals surface area (Å²) in [5.41, 5.74) is 4.99. The second-order valence-electron chi connectivity index (χ2n) is 8.06. The Labute approximate surface area is 188 Å². The summed E-state index contributed by atoms with van der Waals surface area (Å²) in [6.45, 7) is 0. The number of aromatic nitrogens is 2. The number of amides is 1. The molecule has 31 heavy (non-hydrogen) atoms. The highest BCUT2D eigenvalue weighted by Gasteiger charge is 2.31. The Bertz CT molecular complexity index is 1080. The van der Waals surface area contributed by atoms with E-state index in [1.807, 2.05) is 24.8 Å². The van der Waals surface area contributed by atoms with E-state index in [2.05, 4.69) is 24.3 Å². The van der Waals surface area contributed by atoms with Crippen molar-refractivity contribution in [2.24, 2.45) is 7.05 Å². The summed E-state index contributed by atoms with van der Waals surface area (Å²) < 4.78 is 7.27. The van der Waals surface area contributed by atoms with Crippen LogP contribution in [0.4, 0.5) is 0 Å². The van der Waals surface area contributed by atoms with E-state index in [1.54, 1.807) is 30.2 Å². The molecule has 1 atom stereocenters. The second-order valence-corrected chi connectivity index (χ2v) is 8.43. The van der Waals surface area contributed by atoms with E-state index in [4.69, 9.17) is 21.4 Å². The molecule has 1 amide bonds. The van der Waals surface area contributed by atoms with Crippen LogP contribution in [0.3, 0.4) is 0 Å². The molecule has 4 rings (SSSR count). The number of carbonyl (C=O) groups is 1. The van der Waals surface area contributed by atoms with Gasteiger partial charge in [0, 0.05) is 25.2 Å². The number of fused-ring (bicyclic) bond motifs is 1. The van der Waals surface area contributed by atoms with Crippen LogP contribution in [0.1, 0.15) is 53.3 Å². The van der Waals surface area contributed by atoms with Gasteiger partial charge < -0.3 is 9.64 Å². The van der Waals surface area contributed by atoms with Crippen LogP contribution >= 0.6 is 11.6 Å². The molecule has 0 fully saturated rings. The normalized spacial score (nSPS) is 16.2. The molecule has 0 radical (unpaired) electrons. The molecule has 1 heterocycles. The van der Waals surface area contributed by atoms with Crippen molar-refractivity contribution in [1.29, 1.82) is 0 Å². The van der Waals surface area contributed by atoms with Crippen LogP contribution in [0, 0.1) is 0 Å². The van der Waals surface area contributed by atoms with Gasteiger partial charge in [0.2, 0.25) is 0 Å². The zero-order chi connectivity index (χ0) is 22.0. The molecule has 0 bridgehead atoms. The average Bonchev–Trinajstić information content (AvgIpc) is 3.09. The number of benzene rings is 2. The molecule has 0 N–H and O–H groups in total. The summed E-state index contributed by atoms with van der Waals surface area (Å²) in [4.78, 5) is 15.3. The van der Waals surface area contributed by atoms with Gasteiger partial charge in [-0.1, -0.05) is 60.8 Å². The number of nitrogens with zero attached hydrogens (tertiary/aromatic N) is 3. The van der Waals surface area contributed by atoms with Gasteiger partial charge >= 0.3 is 0 Å². The van der Waals surface area contributed by atoms with Gasteiger partial charge in [-0.05, 0) is 31.4 Å². The number of methoxy groups -OCH3 is 1. The quantitative estimate of drug-likeness (QED) is 0.527. The molecular weight excluding hydrogens is 410 g/mol. The number of rotatable bonds is 4. The molecule has 162 valence electrons. The van der Waals surface area contributed by atoms with Crippen LogP contribution in [0.2, 0.25) is 5.02 Å². The summed E-state index contributed by atoms with van der Waals surface area (Å²) in [5, 5.41) is 5.28. The van der Waals surface area contributed by atoms with Crippen LogP contribution in [0.5, 0.6) is 5.75 Å². The lowest BCUT2D eigenvalue weighted by Gasteiger charge is -2.29. The minimum atomic E-state index is -0.118. The molecule has 3 aromatic rings. The molecule has 0 saturated carbocycles. The number of ether oxygens (including phenoxy) is 1. The molecule has 1 unspecified atom stereocenters. The Hall–Kier alpha value is -2.79. The largest absolute Gasteiger partial charge is 0.495 e. The Morgan fingerprint density at radius 2 is 1.90 bits per heavy atom. The Morgan fingerprint density at radius 1 is 1.13 bits per heavy atom. The highest BCUT2D eigenvalue weighted by Crippen LogP contribution is 2.38. The molecule has 0 saturated heterocycles. The maximum absolute atomic E-state index is 13.5. The molecule has 1 aliphatic rings. The smallest absolute Gasteiger partial charge is 0.255 e. The van der Waals surface area contributed by atoms with E-state index in [9.17, 15) is 4.79 Å². The second kappa shape index (κ2) is 9.15. The van der Waals surface area contributed by atoms with Crippen molar-refractivity contribution in [2.75, 3.05) is 14.2 Å². The first-order valence-corrected chi connectivity index (χ1v) is 11.1. The molecule has 2 aromatic carbocycles. The Balaban J connectivity index is 1.76.